The van der Waals surface area contributed by atoms with Gasteiger partial charge in [0.25, 0.3) is 0 Å². The maximum Gasteiger partial charge on any atom is 0.509 e. The van der Waals surface area contributed by atoms with Crippen molar-refractivity contribution in [2.24, 2.45) is 0 Å². The summed E-state index contributed by atoms with van der Waals surface area (Å²) in [4.78, 5) is 44.1. The van der Waals surface area contributed by atoms with E-state index in [-0.39, 0.29) is 0 Å². The third-order valence-corrected chi connectivity index (χ3v) is 3.12. The predicted molar refractivity (Wildman–Crippen MR) is 54.8 cm³/mol. The van der Waals surface area contributed by atoms with E-state index >= 15 is 0 Å². The van der Waals surface area contributed by atoms with Crippen molar-refractivity contribution < 1.29 is 48.3 Å². The summed E-state index contributed by atoms with van der Waals surface area (Å²) >= 11 is 0. The SMILES string of the molecule is O=C1OCC(CCC2(C(=O)O)COC(=O)O2)(C(=O)O)O1. The van der Waals surface area contributed by atoms with Crippen LogP contribution in [0.25, 0.3) is 0 Å². The highest BCUT2D eigenvalue weighted by atomic mass is 16.8. The summed E-state index contributed by atoms with van der Waals surface area (Å²) in [7, 11) is 0. The highest BCUT2D eigenvalue weighted by Gasteiger charge is 2.55. The molecule has 2 aliphatic rings. The maximum absolute atomic E-state index is 11.2. The average molecular weight is 290 g/mol. The van der Waals surface area contributed by atoms with Crippen molar-refractivity contribution in [1.29, 1.82) is 0 Å². The molecule has 0 aromatic heterocycles. The second kappa shape index (κ2) is 4.54. The van der Waals surface area contributed by atoms with Crippen LogP contribution in [0, 0.1) is 0 Å². The van der Waals surface area contributed by atoms with Gasteiger partial charge in [-0.2, -0.15) is 0 Å². The van der Waals surface area contributed by atoms with Crippen LogP contribution < -0.4 is 0 Å². The highest BCUT2D eigenvalue weighted by molar-refractivity contribution is 5.84. The summed E-state index contributed by atoms with van der Waals surface area (Å²) in [5.74, 6) is -2.96. The van der Waals surface area contributed by atoms with Gasteiger partial charge in [0.1, 0.15) is 13.2 Å². The van der Waals surface area contributed by atoms with Crippen LogP contribution in [0.3, 0.4) is 0 Å². The molecule has 0 aromatic carbocycles. The van der Waals surface area contributed by atoms with Gasteiger partial charge in [0, 0.05) is 12.8 Å². The quantitative estimate of drug-likeness (QED) is 0.649. The number of carboxylic acid groups (broad SMARTS) is 2. The molecule has 0 radical (unpaired) electrons. The molecule has 0 aliphatic carbocycles. The molecule has 2 aliphatic heterocycles. The first kappa shape index (κ1) is 13.9. The molecule has 0 spiro atoms. The van der Waals surface area contributed by atoms with Gasteiger partial charge < -0.3 is 29.2 Å². The van der Waals surface area contributed by atoms with Crippen molar-refractivity contribution in [2.75, 3.05) is 13.2 Å². The zero-order valence-electron chi connectivity index (χ0n) is 9.99. The van der Waals surface area contributed by atoms with Crippen LogP contribution >= 0.6 is 0 Å². The molecular weight excluding hydrogens is 280 g/mol. The predicted octanol–water partition coefficient (Wildman–Crippen LogP) is -0.253. The van der Waals surface area contributed by atoms with Crippen LogP contribution in [-0.2, 0) is 28.5 Å². The van der Waals surface area contributed by atoms with E-state index in [1.165, 1.54) is 0 Å². The van der Waals surface area contributed by atoms with Crippen molar-refractivity contribution >= 4 is 24.2 Å². The van der Waals surface area contributed by atoms with E-state index < -0.39 is 61.5 Å². The Kier molecular flexibility index (Phi) is 3.16. The Morgan fingerprint density at radius 1 is 0.900 bits per heavy atom. The summed E-state index contributed by atoms with van der Waals surface area (Å²) in [6.45, 7) is -1.10. The first-order valence-corrected chi connectivity index (χ1v) is 5.48. The summed E-state index contributed by atoms with van der Waals surface area (Å²) in [5, 5.41) is 18.2. The Morgan fingerprint density at radius 3 is 1.45 bits per heavy atom. The molecule has 20 heavy (non-hydrogen) atoms. The minimum Gasteiger partial charge on any atom is -0.478 e. The number of ether oxygens (including phenoxy) is 4. The second-order valence-electron chi connectivity index (χ2n) is 4.38. The van der Waals surface area contributed by atoms with E-state index in [1.807, 2.05) is 0 Å². The number of aliphatic carboxylic acids is 2. The molecule has 2 saturated heterocycles. The van der Waals surface area contributed by atoms with Gasteiger partial charge in [-0.05, 0) is 0 Å². The number of hydrogen-bond acceptors (Lipinski definition) is 8. The van der Waals surface area contributed by atoms with Crippen molar-refractivity contribution in [3.63, 3.8) is 0 Å². The molecular formula is C10H10O10. The van der Waals surface area contributed by atoms with Crippen molar-refractivity contribution in [3.05, 3.63) is 0 Å². The molecule has 0 amide bonds. The number of cyclic esters (lactones) is 4. The van der Waals surface area contributed by atoms with E-state index in [2.05, 4.69) is 18.9 Å². The summed E-state index contributed by atoms with van der Waals surface area (Å²) in [6.07, 6.45) is -3.12. The van der Waals surface area contributed by atoms with Crippen LogP contribution in [0.15, 0.2) is 0 Å². The van der Waals surface area contributed by atoms with Gasteiger partial charge in [-0.25, -0.2) is 19.2 Å². The fourth-order valence-electron chi connectivity index (χ4n) is 1.86. The van der Waals surface area contributed by atoms with Gasteiger partial charge in [0.2, 0.25) is 11.2 Å². The third kappa shape index (κ3) is 2.19. The van der Waals surface area contributed by atoms with E-state index in [4.69, 9.17) is 10.2 Å². The summed E-state index contributed by atoms with van der Waals surface area (Å²) in [5.41, 5.74) is -3.98. The minimum absolute atomic E-state index is 0.406. The van der Waals surface area contributed by atoms with Gasteiger partial charge >= 0.3 is 24.2 Å². The van der Waals surface area contributed by atoms with Crippen molar-refractivity contribution in [2.45, 2.75) is 24.0 Å². The average Bonchev–Trinajstić information content (AvgIpc) is 2.92. The fraction of sp³-hybridized carbons (Fsp3) is 0.600. The first-order valence-electron chi connectivity index (χ1n) is 5.48. The monoisotopic (exact) mass is 290 g/mol. The molecule has 2 unspecified atom stereocenters. The van der Waals surface area contributed by atoms with E-state index in [0.29, 0.717) is 0 Å². The molecule has 2 fully saturated rings. The smallest absolute Gasteiger partial charge is 0.478 e. The molecule has 0 bridgehead atoms. The van der Waals surface area contributed by atoms with Crippen molar-refractivity contribution in [3.8, 4) is 0 Å². The van der Waals surface area contributed by atoms with Gasteiger partial charge in [0.05, 0.1) is 0 Å². The van der Waals surface area contributed by atoms with Crippen molar-refractivity contribution in [1.82, 2.24) is 0 Å². The van der Waals surface area contributed by atoms with Crippen LogP contribution in [0.4, 0.5) is 9.59 Å². The Bertz CT molecular complexity index is 440. The lowest BCUT2D eigenvalue weighted by atomic mass is 9.90. The van der Waals surface area contributed by atoms with Crippen LogP contribution in [0.2, 0.25) is 0 Å². The lowest BCUT2D eigenvalue weighted by molar-refractivity contribution is -0.162. The zero-order valence-corrected chi connectivity index (χ0v) is 9.99. The van der Waals surface area contributed by atoms with Crippen LogP contribution in [0.1, 0.15) is 12.8 Å². The Labute approximate surface area is 111 Å². The first-order chi connectivity index (χ1) is 9.30. The number of carbonyl (C=O) groups excluding carboxylic acids is 2. The van der Waals surface area contributed by atoms with E-state index in [1.54, 1.807) is 0 Å². The Balaban J connectivity index is 2.12. The third-order valence-electron chi connectivity index (χ3n) is 3.12. The highest BCUT2D eigenvalue weighted by Crippen LogP contribution is 2.33. The lowest BCUT2D eigenvalue weighted by Crippen LogP contribution is -2.47. The molecule has 10 heteroatoms. The van der Waals surface area contributed by atoms with Gasteiger partial charge in [0.15, 0.2) is 0 Å². The maximum atomic E-state index is 11.2. The molecule has 110 valence electrons. The number of rotatable bonds is 5. The minimum atomic E-state index is -1.99. The Morgan fingerprint density at radius 2 is 1.25 bits per heavy atom. The molecule has 10 nitrogen and oxygen atoms in total. The Hall–Kier alpha value is -2.52. The van der Waals surface area contributed by atoms with E-state index in [0.717, 1.165) is 0 Å². The van der Waals surface area contributed by atoms with Gasteiger partial charge in [-0.3, -0.25) is 0 Å². The van der Waals surface area contributed by atoms with Gasteiger partial charge in [-0.15, -0.1) is 0 Å². The number of hydrogen-bond donors (Lipinski definition) is 2. The zero-order chi connectivity index (χ0) is 15.0. The molecule has 0 aromatic rings. The van der Waals surface area contributed by atoms with E-state index in [9.17, 15) is 19.2 Å². The standard InChI is InChI=1S/C10H10O10/c11-5(12)9(3-17-7(15)19-9)1-2-10(6(13)14)4-18-8(16)20-10/h1-4H2,(H,11,12)(H,13,14). The molecule has 2 heterocycles. The van der Waals surface area contributed by atoms with Crippen LogP contribution in [-0.4, -0.2) is 58.9 Å². The molecule has 2 rings (SSSR count). The molecule has 2 atom stereocenters. The topological polar surface area (TPSA) is 146 Å². The lowest BCUT2D eigenvalue weighted by Gasteiger charge is -2.25. The normalized spacial score (nSPS) is 32.0. The number of carboxylic acids is 2. The summed E-state index contributed by atoms with van der Waals surface area (Å²) in [6, 6.07) is 0. The van der Waals surface area contributed by atoms with Gasteiger partial charge in [-0.1, -0.05) is 0 Å². The fourth-order valence-corrected chi connectivity index (χ4v) is 1.86. The molecule has 2 N–H and O–H groups in total. The number of carbonyl (C=O) groups is 4. The second-order valence-corrected chi connectivity index (χ2v) is 4.38. The summed E-state index contributed by atoms with van der Waals surface area (Å²) < 4.78 is 18.0. The molecule has 0 saturated carbocycles. The van der Waals surface area contributed by atoms with Crippen LogP contribution in [0.5, 0.6) is 0 Å². The largest absolute Gasteiger partial charge is 0.509 e.